The smallest absolute Gasteiger partial charge is 0.0680 e. The van der Waals surface area contributed by atoms with Crippen molar-refractivity contribution in [2.75, 3.05) is 21.2 Å². The SMILES string of the molecule is COC1(CCCCc2ccccc2)CCC(c2ccccc2)(N(C)C)CC1. The fourth-order valence-corrected chi connectivity index (χ4v) is 4.84. The van der Waals surface area contributed by atoms with Crippen LogP contribution in [0, 0.1) is 0 Å². The topological polar surface area (TPSA) is 12.5 Å². The minimum absolute atomic E-state index is 0.0605. The lowest BCUT2D eigenvalue weighted by Gasteiger charge is -2.49. The predicted octanol–water partition coefficient (Wildman–Crippen LogP) is 5.82. The summed E-state index contributed by atoms with van der Waals surface area (Å²) in [5.41, 5.74) is 3.10. The highest BCUT2D eigenvalue weighted by molar-refractivity contribution is 5.26. The fourth-order valence-electron chi connectivity index (χ4n) is 4.84. The molecule has 1 aliphatic rings. The van der Waals surface area contributed by atoms with Gasteiger partial charge in [0, 0.05) is 12.6 Å². The van der Waals surface area contributed by atoms with Crippen LogP contribution in [0.2, 0.25) is 0 Å². The van der Waals surface area contributed by atoms with Crippen LogP contribution >= 0.6 is 0 Å². The molecule has 0 bridgehead atoms. The number of methoxy groups -OCH3 is 1. The molecule has 0 radical (unpaired) electrons. The highest BCUT2D eigenvalue weighted by atomic mass is 16.5. The van der Waals surface area contributed by atoms with Crippen molar-refractivity contribution in [3.8, 4) is 0 Å². The van der Waals surface area contributed by atoms with E-state index in [1.54, 1.807) is 0 Å². The molecule has 2 aromatic rings. The standard InChI is InChI=1S/C25H35NO/c1-26(2)25(23-15-8-5-9-16-23)20-18-24(27-3,19-21-25)17-11-10-14-22-12-6-4-7-13-22/h4-9,12-13,15-16H,10-11,14,17-21H2,1-3H3. The van der Waals surface area contributed by atoms with Crippen molar-refractivity contribution in [3.05, 3.63) is 71.8 Å². The Hall–Kier alpha value is -1.64. The monoisotopic (exact) mass is 365 g/mol. The summed E-state index contributed by atoms with van der Waals surface area (Å²) in [6.07, 6.45) is 9.44. The van der Waals surface area contributed by atoms with Gasteiger partial charge in [-0.05, 0) is 70.2 Å². The molecule has 0 atom stereocenters. The third-order valence-corrected chi connectivity index (χ3v) is 6.78. The van der Waals surface area contributed by atoms with Crippen LogP contribution in [0.15, 0.2) is 60.7 Å². The van der Waals surface area contributed by atoms with Gasteiger partial charge in [0.05, 0.1) is 5.60 Å². The van der Waals surface area contributed by atoms with E-state index in [-0.39, 0.29) is 11.1 Å². The van der Waals surface area contributed by atoms with Crippen molar-refractivity contribution >= 4 is 0 Å². The van der Waals surface area contributed by atoms with Gasteiger partial charge in [-0.15, -0.1) is 0 Å². The summed E-state index contributed by atoms with van der Waals surface area (Å²) >= 11 is 0. The summed E-state index contributed by atoms with van der Waals surface area (Å²) in [7, 11) is 6.38. The van der Waals surface area contributed by atoms with E-state index >= 15 is 0 Å². The molecule has 1 fully saturated rings. The Labute approximate surface area is 165 Å². The van der Waals surface area contributed by atoms with Crippen molar-refractivity contribution in [2.24, 2.45) is 0 Å². The minimum atomic E-state index is 0.0605. The Morgan fingerprint density at radius 1 is 0.815 bits per heavy atom. The first-order chi connectivity index (χ1) is 13.1. The van der Waals surface area contributed by atoms with Gasteiger partial charge in [-0.1, -0.05) is 67.1 Å². The highest BCUT2D eigenvalue weighted by Crippen LogP contribution is 2.47. The van der Waals surface area contributed by atoms with E-state index in [1.807, 2.05) is 7.11 Å². The van der Waals surface area contributed by atoms with Crippen molar-refractivity contribution < 1.29 is 4.74 Å². The number of benzene rings is 2. The molecule has 0 saturated heterocycles. The number of unbranched alkanes of at least 4 members (excludes halogenated alkanes) is 1. The molecule has 2 nitrogen and oxygen atoms in total. The number of ether oxygens (including phenoxy) is 1. The molecular weight excluding hydrogens is 330 g/mol. The summed E-state index contributed by atoms with van der Waals surface area (Å²) in [6.45, 7) is 0. The first kappa shape index (κ1) is 20.1. The van der Waals surface area contributed by atoms with E-state index in [1.165, 1.54) is 36.8 Å². The van der Waals surface area contributed by atoms with Gasteiger partial charge in [0.1, 0.15) is 0 Å². The van der Waals surface area contributed by atoms with E-state index in [4.69, 9.17) is 4.74 Å². The zero-order valence-corrected chi connectivity index (χ0v) is 17.3. The van der Waals surface area contributed by atoms with Gasteiger partial charge in [0.2, 0.25) is 0 Å². The van der Waals surface area contributed by atoms with Crippen LogP contribution in [0.1, 0.15) is 56.1 Å². The molecule has 0 spiro atoms. The molecular formula is C25H35NO. The van der Waals surface area contributed by atoms with Crippen LogP contribution < -0.4 is 0 Å². The van der Waals surface area contributed by atoms with Crippen LogP contribution in [0.3, 0.4) is 0 Å². The normalized spacial score (nSPS) is 25.6. The molecule has 0 unspecified atom stereocenters. The van der Waals surface area contributed by atoms with E-state index in [2.05, 4.69) is 79.7 Å². The Kier molecular flexibility index (Phi) is 6.73. The minimum Gasteiger partial charge on any atom is -0.378 e. The molecule has 0 amide bonds. The molecule has 0 aliphatic heterocycles. The lowest BCUT2D eigenvalue weighted by Crippen LogP contribution is -2.49. The molecule has 146 valence electrons. The van der Waals surface area contributed by atoms with Gasteiger partial charge < -0.3 is 4.74 Å². The molecule has 1 aliphatic carbocycles. The number of nitrogens with zero attached hydrogens (tertiary/aromatic N) is 1. The summed E-state index contributed by atoms with van der Waals surface area (Å²) < 4.78 is 6.12. The first-order valence-electron chi connectivity index (χ1n) is 10.4. The third kappa shape index (κ3) is 4.62. The maximum atomic E-state index is 6.12. The summed E-state index contributed by atoms with van der Waals surface area (Å²) in [4.78, 5) is 2.43. The predicted molar refractivity (Wildman–Crippen MR) is 114 cm³/mol. The zero-order chi connectivity index (χ0) is 19.2. The first-order valence-corrected chi connectivity index (χ1v) is 10.4. The van der Waals surface area contributed by atoms with Gasteiger partial charge in [0.15, 0.2) is 0 Å². The van der Waals surface area contributed by atoms with Gasteiger partial charge >= 0.3 is 0 Å². The van der Waals surface area contributed by atoms with Crippen LogP contribution in [0.5, 0.6) is 0 Å². The molecule has 2 heteroatoms. The maximum absolute atomic E-state index is 6.12. The van der Waals surface area contributed by atoms with Gasteiger partial charge in [-0.2, -0.15) is 0 Å². The molecule has 0 aromatic heterocycles. The Bertz CT molecular complexity index is 672. The van der Waals surface area contributed by atoms with Crippen molar-refractivity contribution in [1.29, 1.82) is 0 Å². The van der Waals surface area contributed by atoms with Crippen LogP contribution in [-0.2, 0) is 16.7 Å². The molecule has 0 N–H and O–H groups in total. The molecule has 3 rings (SSSR count). The largest absolute Gasteiger partial charge is 0.378 e. The second kappa shape index (κ2) is 9.03. The van der Waals surface area contributed by atoms with E-state index in [0.29, 0.717) is 0 Å². The number of hydrogen-bond donors (Lipinski definition) is 0. The molecule has 0 heterocycles. The Balaban J connectivity index is 1.59. The van der Waals surface area contributed by atoms with E-state index < -0.39 is 0 Å². The highest BCUT2D eigenvalue weighted by Gasteiger charge is 2.44. The summed E-state index contributed by atoms with van der Waals surface area (Å²) in [5, 5.41) is 0. The van der Waals surface area contributed by atoms with Crippen LogP contribution in [-0.4, -0.2) is 31.7 Å². The average molecular weight is 366 g/mol. The lowest BCUT2D eigenvalue weighted by atomic mass is 9.68. The second-order valence-corrected chi connectivity index (χ2v) is 8.37. The Morgan fingerprint density at radius 2 is 1.41 bits per heavy atom. The molecule has 27 heavy (non-hydrogen) atoms. The van der Waals surface area contributed by atoms with E-state index in [9.17, 15) is 0 Å². The van der Waals surface area contributed by atoms with Gasteiger partial charge in [-0.25, -0.2) is 0 Å². The van der Waals surface area contributed by atoms with Crippen LogP contribution in [0.4, 0.5) is 0 Å². The summed E-state index contributed by atoms with van der Waals surface area (Å²) in [5.74, 6) is 0. The number of aryl methyl sites for hydroxylation is 1. The van der Waals surface area contributed by atoms with Crippen LogP contribution in [0.25, 0.3) is 0 Å². The summed E-state index contributed by atoms with van der Waals surface area (Å²) in [6, 6.07) is 21.9. The third-order valence-electron chi connectivity index (χ3n) is 6.78. The quantitative estimate of drug-likeness (QED) is 0.547. The van der Waals surface area contributed by atoms with E-state index in [0.717, 1.165) is 25.7 Å². The van der Waals surface area contributed by atoms with Gasteiger partial charge in [-0.3, -0.25) is 4.90 Å². The average Bonchev–Trinajstić information content (AvgIpc) is 2.73. The number of rotatable bonds is 8. The maximum Gasteiger partial charge on any atom is 0.0680 e. The lowest BCUT2D eigenvalue weighted by molar-refractivity contribution is -0.0810. The van der Waals surface area contributed by atoms with Crippen molar-refractivity contribution in [3.63, 3.8) is 0 Å². The van der Waals surface area contributed by atoms with Crippen molar-refractivity contribution in [2.45, 2.75) is 62.5 Å². The van der Waals surface area contributed by atoms with Crippen molar-refractivity contribution in [1.82, 2.24) is 4.90 Å². The Morgan fingerprint density at radius 3 is 1.96 bits per heavy atom. The molecule has 1 saturated carbocycles. The fraction of sp³-hybridized carbons (Fsp3) is 0.520. The molecule has 2 aromatic carbocycles. The zero-order valence-electron chi connectivity index (χ0n) is 17.3. The number of hydrogen-bond acceptors (Lipinski definition) is 2. The second-order valence-electron chi connectivity index (χ2n) is 8.37. The van der Waals surface area contributed by atoms with Gasteiger partial charge in [0.25, 0.3) is 0 Å².